The van der Waals surface area contributed by atoms with E-state index < -0.39 is 48.4 Å². The van der Waals surface area contributed by atoms with Crippen molar-refractivity contribution in [2.75, 3.05) is 0 Å². The molecule has 0 heterocycles. The molecule has 0 atom stereocenters. The molecule has 462 valence electrons. The Hall–Kier alpha value is -1.43. The van der Waals surface area contributed by atoms with Crippen LogP contribution in [0.2, 0.25) is 72.5 Å². The van der Waals surface area contributed by atoms with E-state index in [-0.39, 0.29) is 0 Å². The minimum atomic E-state index is -1.81. The second kappa shape index (κ2) is 40.2. The van der Waals surface area contributed by atoms with Gasteiger partial charge in [0.25, 0.3) is 0 Å². The number of unbranched alkanes of at least 4 members (excludes halogenated alkanes) is 12. The first kappa shape index (κ1) is 73.0. The summed E-state index contributed by atoms with van der Waals surface area (Å²) < 4.78 is 3.21. The molecule has 7 heteroatoms. The molecule has 4 aromatic rings. The van der Waals surface area contributed by atoms with E-state index in [0.717, 1.165) is 0 Å². The van der Waals surface area contributed by atoms with Crippen LogP contribution in [0.25, 0.3) is 0 Å². The predicted octanol–water partition coefficient (Wildman–Crippen LogP) is 22.0. The van der Waals surface area contributed by atoms with Crippen molar-refractivity contribution in [2.45, 2.75) is 330 Å². The van der Waals surface area contributed by atoms with Crippen LogP contribution < -0.4 is 42.0 Å². The summed E-state index contributed by atoms with van der Waals surface area (Å²) in [4.78, 5) is 0. The van der Waals surface area contributed by atoms with Gasteiger partial charge in [-0.15, -0.1) is 0 Å². The van der Waals surface area contributed by atoms with Gasteiger partial charge < -0.3 is 0 Å². The first-order valence-corrected chi connectivity index (χ1v) is 48.8. The first-order chi connectivity index (χ1) is 39.9. The summed E-state index contributed by atoms with van der Waals surface area (Å²) in [5.74, 6) is 0. The van der Waals surface area contributed by atoms with E-state index in [0.29, 0.717) is 6.04 Å². The fourth-order valence-corrected chi connectivity index (χ4v) is 43.5. The molecule has 0 spiro atoms. The van der Waals surface area contributed by atoms with Crippen LogP contribution in [0.1, 0.15) is 251 Å². The van der Waals surface area contributed by atoms with Crippen molar-refractivity contribution in [3.05, 3.63) is 97.1 Å². The van der Waals surface area contributed by atoms with Crippen molar-refractivity contribution in [1.29, 1.82) is 0 Å². The van der Waals surface area contributed by atoms with Gasteiger partial charge in [-0.2, -0.15) is 0 Å². The third kappa shape index (κ3) is 20.9. The van der Waals surface area contributed by atoms with E-state index in [1.807, 2.05) is 0 Å². The maximum Gasteiger partial charge on any atom is 0.0867 e. The minimum Gasteiger partial charge on any atom is -0.242 e. The molecule has 0 aliphatic carbocycles. The number of hydrogen-bond donors (Lipinski definition) is 0. The Morgan fingerprint density at radius 3 is 0.683 bits per heavy atom. The molecule has 0 bridgehead atoms. The zero-order valence-corrected chi connectivity index (χ0v) is 62.4. The van der Waals surface area contributed by atoms with Crippen LogP contribution in [0.5, 0.6) is 0 Å². The lowest BCUT2D eigenvalue weighted by Crippen LogP contribution is -2.49. The smallest absolute Gasteiger partial charge is 0.0867 e. The van der Waals surface area contributed by atoms with Gasteiger partial charge in [0.15, 0.2) is 0 Å². The Balaban J connectivity index is 2.25. The van der Waals surface area contributed by atoms with Gasteiger partial charge in [0.2, 0.25) is 0 Å². The number of hydrogen-bond acceptors (Lipinski definition) is 1. The van der Waals surface area contributed by atoms with Gasteiger partial charge in [0, 0.05) is 22.2 Å². The van der Waals surface area contributed by atoms with Gasteiger partial charge in [-0.05, 0) is 35.1 Å². The minimum absolute atomic E-state index is 0.340. The molecule has 0 saturated carbocycles. The molecular formula is C75H131NP2Si4. The molecule has 4 rings (SSSR count). The van der Waals surface area contributed by atoms with E-state index in [2.05, 4.69) is 198 Å². The molecule has 0 N–H and O–H groups in total. The van der Waals surface area contributed by atoms with Crippen LogP contribution >= 0.6 is 16.1 Å². The summed E-state index contributed by atoms with van der Waals surface area (Å²) in [6.07, 6.45) is 32.1. The Morgan fingerprint density at radius 2 is 0.476 bits per heavy atom. The zero-order chi connectivity index (χ0) is 59.7. The lowest BCUT2D eigenvalue weighted by atomic mass is 10.3. The van der Waals surface area contributed by atoms with Crippen molar-refractivity contribution in [3.8, 4) is 0 Å². The van der Waals surface area contributed by atoms with E-state index in [9.17, 15) is 0 Å². The molecule has 0 unspecified atom stereocenters. The summed E-state index contributed by atoms with van der Waals surface area (Å²) >= 11 is 0. The largest absolute Gasteiger partial charge is 0.242 e. The zero-order valence-electron chi connectivity index (χ0n) is 56.6. The fraction of sp³-hybridized carbons (Fsp3) is 0.680. The standard InChI is InChI=1S/C75H131NP2Si4/c1-15-27-53-79(54-28-16-2,55-29-17-3)72-49-45-68(46-50-72)77(69-47-51-73(52-48-69)80(56-30-18-4,57-31-19-5)58-32-20-6)76(67(13)14)78(70-41-39-43-74(65-70)81(59-33-21-7,60-34-22-8)61-35-23-9)71-42-40-44-75(66-71)82(62-36-24-10,63-37-25-11)64-38-26-12/h39-52,65-67H,15-38,53-64H2,1-14H3. The van der Waals surface area contributed by atoms with Crippen molar-refractivity contribution < 1.29 is 0 Å². The molecule has 0 radical (unpaired) electrons. The topological polar surface area (TPSA) is 3.24 Å². The normalized spacial score (nSPS) is 12.8. The number of rotatable bonds is 47. The molecule has 4 aromatic carbocycles. The van der Waals surface area contributed by atoms with Crippen molar-refractivity contribution in [1.82, 2.24) is 4.44 Å². The summed E-state index contributed by atoms with van der Waals surface area (Å²) in [6.45, 7) is 34.5. The number of nitrogens with zero attached hydrogens (tertiary/aromatic N) is 1. The first-order valence-electron chi connectivity index (χ1n) is 35.7. The predicted molar refractivity (Wildman–Crippen MR) is 393 cm³/mol. The summed E-state index contributed by atoms with van der Waals surface area (Å²) in [5, 5.41) is 13.5. The van der Waals surface area contributed by atoms with Crippen LogP contribution in [0.4, 0.5) is 0 Å². The van der Waals surface area contributed by atoms with Gasteiger partial charge >= 0.3 is 0 Å². The molecule has 0 saturated heterocycles. The molecule has 1 nitrogen and oxygen atoms in total. The van der Waals surface area contributed by atoms with Gasteiger partial charge in [0.1, 0.15) is 0 Å². The van der Waals surface area contributed by atoms with Crippen LogP contribution in [0.3, 0.4) is 0 Å². The second-order valence-electron chi connectivity index (χ2n) is 26.6. The molecule has 0 amide bonds. The van der Waals surface area contributed by atoms with Crippen molar-refractivity contribution in [3.63, 3.8) is 0 Å². The molecule has 0 fully saturated rings. The third-order valence-electron chi connectivity index (χ3n) is 19.8. The van der Waals surface area contributed by atoms with Crippen LogP contribution in [-0.2, 0) is 0 Å². The Morgan fingerprint density at radius 1 is 0.268 bits per heavy atom. The highest BCUT2D eigenvalue weighted by atomic mass is 31.2. The Bertz CT molecular complexity index is 2020. The Labute approximate surface area is 518 Å². The van der Waals surface area contributed by atoms with Gasteiger partial charge in [-0.25, -0.2) is 4.44 Å². The van der Waals surface area contributed by atoms with E-state index >= 15 is 0 Å². The van der Waals surface area contributed by atoms with Crippen molar-refractivity contribution >= 4 is 90.4 Å². The van der Waals surface area contributed by atoms with Gasteiger partial charge in [0.05, 0.1) is 32.3 Å². The fourth-order valence-electron chi connectivity index (χ4n) is 14.6. The third-order valence-corrected chi connectivity index (χ3v) is 47.7. The van der Waals surface area contributed by atoms with E-state index in [1.54, 1.807) is 42.0 Å². The highest BCUT2D eigenvalue weighted by molar-refractivity contribution is 7.84. The molecule has 0 aliphatic rings. The molecule has 0 aliphatic heterocycles. The van der Waals surface area contributed by atoms with Crippen LogP contribution in [0, 0.1) is 0 Å². The van der Waals surface area contributed by atoms with Gasteiger partial charge in [-0.1, -0.05) is 428 Å². The molecule has 0 aromatic heterocycles. The quantitative estimate of drug-likeness (QED) is 0.0315. The average Bonchev–Trinajstić information content (AvgIpc) is 3.66. The van der Waals surface area contributed by atoms with Crippen LogP contribution in [-0.4, -0.2) is 42.8 Å². The van der Waals surface area contributed by atoms with Crippen LogP contribution in [0.15, 0.2) is 97.1 Å². The summed E-state index contributed by atoms with van der Waals surface area (Å²) in [6, 6.07) is 61.2. The summed E-state index contributed by atoms with van der Waals surface area (Å²) in [7, 11) is -8.89. The van der Waals surface area contributed by atoms with E-state index in [1.165, 1.54) is 227 Å². The van der Waals surface area contributed by atoms with Gasteiger partial charge in [-0.3, -0.25) is 0 Å². The average molecular weight is 1220 g/mol. The maximum atomic E-state index is 3.21. The van der Waals surface area contributed by atoms with Crippen molar-refractivity contribution in [2.24, 2.45) is 0 Å². The van der Waals surface area contributed by atoms with E-state index in [4.69, 9.17) is 0 Å². The maximum absolute atomic E-state index is 3.21. The molecule has 82 heavy (non-hydrogen) atoms. The lowest BCUT2D eigenvalue weighted by molar-refractivity contribution is 0.583. The highest BCUT2D eigenvalue weighted by Gasteiger charge is 2.41. The second-order valence-corrected chi connectivity index (χ2v) is 49.6. The summed E-state index contributed by atoms with van der Waals surface area (Å²) in [5.41, 5.74) is 0. The monoisotopic (exact) mass is 1220 g/mol. The highest BCUT2D eigenvalue weighted by Crippen LogP contribution is 2.56. The lowest BCUT2D eigenvalue weighted by Gasteiger charge is -2.43. The molecular weight excluding hydrogens is 1090 g/mol. The SMILES string of the molecule is CCCC[Si](CCCC)(CCCC)c1ccc(P(c2ccc([Si](CCCC)(CCCC)CCCC)cc2)N(C(C)C)P(c2cccc([Si](CCCC)(CCCC)CCCC)c2)c2cccc([Si](CCCC)(CCCC)CCCC)c2)cc1. The Kier molecular flexibility index (Phi) is 35.8. The number of benzene rings is 4.